The number of halogens is 1. The molecule has 3 heterocycles. The molecule has 2 aliphatic rings. The van der Waals surface area contributed by atoms with Crippen LogP contribution in [-0.4, -0.2) is 44.6 Å². The monoisotopic (exact) mass is 454 g/mol. The summed E-state index contributed by atoms with van der Waals surface area (Å²) in [4.78, 5) is 2.56. The molecule has 2 aromatic carbocycles. The van der Waals surface area contributed by atoms with Crippen molar-refractivity contribution in [1.29, 1.82) is 0 Å². The molecular weight excluding hydrogens is 427 g/mol. The van der Waals surface area contributed by atoms with Gasteiger partial charge in [0, 0.05) is 49.2 Å². The highest BCUT2D eigenvalue weighted by molar-refractivity contribution is 7.90. The number of rotatable bonds is 6. The smallest absolute Gasteiger partial charge is 0.268 e. The Kier molecular flexibility index (Phi) is 5.53. The van der Waals surface area contributed by atoms with E-state index in [1.54, 1.807) is 55.7 Å². The van der Waals surface area contributed by atoms with Gasteiger partial charge in [0.05, 0.1) is 10.6 Å². The Hall–Kier alpha value is -2.68. The Labute approximate surface area is 188 Å². The second-order valence-corrected chi connectivity index (χ2v) is 10.3. The normalized spacial score (nSPS) is 20.6. The van der Waals surface area contributed by atoms with Gasteiger partial charge in [0.2, 0.25) is 0 Å². The largest absolute Gasteiger partial charge is 0.363 e. The van der Waals surface area contributed by atoms with Crippen LogP contribution in [0, 0.1) is 5.82 Å². The summed E-state index contributed by atoms with van der Waals surface area (Å²) in [6.07, 6.45) is 3.79. The van der Waals surface area contributed by atoms with E-state index in [4.69, 9.17) is 0 Å². The van der Waals surface area contributed by atoms with E-state index in [0.29, 0.717) is 24.3 Å². The van der Waals surface area contributed by atoms with Crippen LogP contribution in [0.3, 0.4) is 0 Å². The number of nitrogens with zero attached hydrogens (tertiary/aromatic N) is 2. The van der Waals surface area contributed by atoms with Gasteiger partial charge in [-0.05, 0) is 61.9 Å². The molecule has 0 amide bonds. The van der Waals surface area contributed by atoms with Crippen LogP contribution in [0.25, 0.3) is 11.3 Å². The summed E-state index contributed by atoms with van der Waals surface area (Å²) < 4.78 is 43.3. The molecule has 2 N–H and O–H groups in total. The van der Waals surface area contributed by atoms with Gasteiger partial charge in [0.15, 0.2) is 0 Å². The second-order valence-electron chi connectivity index (χ2n) is 8.49. The molecule has 6 nitrogen and oxygen atoms in total. The van der Waals surface area contributed by atoms with Crippen LogP contribution < -0.4 is 15.5 Å². The lowest BCUT2D eigenvalue weighted by Crippen LogP contribution is -2.52. The molecule has 5 rings (SSSR count). The molecule has 2 fully saturated rings. The lowest BCUT2D eigenvalue weighted by atomic mass is 10.1. The van der Waals surface area contributed by atoms with Crippen LogP contribution in [0.15, 0.2) is 65.7 Å². The van der Waals surface area contributed by atoms with Crippen molar-refractivity contribution in [2.24, 2.45) is 0 Å². The van der Waals surface area contributed by atoms with E-state index < -0.39 is 15.8 Å². The average molecular weight is 455 g/mol. The molecule has 0 spiro atoms. The zero-order valence-corrected chi connectivity index (χ0v) is 18.8. The van der Waals surface area contributed by atoms with Gasteiger partial charge in [-0.25, -0.2) is 16.8 Å². The molecular formula is C24H27FN4O2S. The van der Waals surface area contributed by atoms with Gasteiger partial charge in [-0.15, -0.1) is 0 Å². The number of fused-ring (bicyclic) bond motifs is 2. The summed E-state index contributed by atoms with van der Waals surface area (Å²) in [6, 6.07) is 15.9. The first-order chi connectivity index (χ1) is 15.5. The van der Waals surface area contributed by atoms with Gasteiger partial charge in [0.25, 0.3) is 10.0 Å². The molecule has 168 valence electrons. The van der Waals surface area contributed by atoms with E-state index in [9.17, 15) is 12.8 Å². The van der Waals surface area contributed by atoms with Gasteiger partial charge in [-0.3, -0.25) is 0 Å². The van der Waals surface area contributed by atoms with Crippen LogP contribution in [0.5, 0.6) is 0 Å². The van der Waals surface area contributed by atoms with Crippen LogP contribution in [-0.2, 0) is 16.6 Å². The number of aromatic nitrogens is 1. The van der Waals surface area contributed by atoms with Crippen molar-refractivity contribution in [3.8, 4) is 11.3 Å². The molecule has 1 aromatic heterocycles. The molecule has 2 unspecified atom stereocenters. The topological polar surface area (TPSA) is 66.4 Å². The van der Waals surface area contributed by atoms with Crippen LogP contribution in [0.4, 0.5) is 10.1 Å². The predicted octanol–water partition coefficient (Wildman–Crippen LogP) is 3.19. The van der Waals surface area contributed by atoms with Gasteiger partial charge >= 0.3 is 0 Å². The molecule has 2 aliphatic heterocycles. The van der Waals surface area contributed by atoms with E-state index in [1.165, 1.54) is 10.0 Å². The van der Waals surface area contributed by atoms with Crippen molar-refractivity contribution in [3.05, 3.63) is 72.2 Å². The highest BCUT2D eigenvalue weighted by Crippen LogP contribution is 2.35. The fourth-order valence-corrected chi connectivity index (χ4v) is 6.41. The standard InChI is InChI=1S/C24H27FN4O2S/c1-26-13-17-11-24(22-7-2-3-8-23(22)25)28(16-17)32(30,31)21-6-4-5-18(12-21)29-19-9-10-20(29)15-27-14-19/h2-8,11-12,16,19-20,26-27H,9-10,13-15H2,1H3. The Morgan fingerprint density at radius 1 is 1.06 bits per heavy atom. The van der Waals surface area contributed by atoms with Crippen molar-refractivity contribution in [2.75, 3.05) is 25.0 Å². The third-order valence-electron chi connectivity index (χ3n) is 6.43. The summed E-state index contributed by atoms with van der Waals surface area (Å²) in [5.41, 5.74) is 2.27. The SMILES string of the molecule is CNCc1cc(-c2ccccc2F)n(S(=O)(=O)c2cccc(N3C4CCC3CNC4)c2)c1. The summed E-state index contributed by atoms with van der Waals surface area (Å²) in [6.45, 7) is 2.31. The summed E-state index contributed by atoms with van der Waals surface area (Å²) in [5.74, 6) is -0.454. The van der Waals surface area contributed by atoms with Crippen LogP contribution in [0.1, 0.15) is 18.4 Å². The molecule has 8 heteroatoms. The number of benzene rings is 2. The third-order valence-corrected chi connectivity index (χ3v) is 8.10. The molecule has 2 bridgehead atoms. The number of hydrogen-bond donors (Lipinski definition) is 2. The molecule has 0 saturated carbocycles. The minimum Gasteiger partial charge on any atom is -0.363 e. The van der Waals surface area contributed by atoms with Gasteiger partial charge in [0.1, 0.15) is 5.82 Å². The minimum atomic E-state index is -3.93. The Balaban J connectivity index is 1.59. The van der Waals surface area contributed by atoms with Crippen molar-refractivity contribution in [1.82, 2.24) is 14.6 Å². The minimum absolute atomic E-state index is 0.206. The number of anilines is 1. The second kappa shape index (κ2) is 8.35. The number of piperazine rings is 1. The number of hydrogen-bond acceptors (Lipinski definition) is 5. The Morgan fingerprint density at radius 3 is 2.53 bits per heavy atom. The van der Waals surface area contributed by atoms with E-state index in [-0.39, 0.29) is 10.5 Å². The molecule has 0 radical (unpaired) electrons. The summed E-state index contributed by atoms with van der Waals surface area (Å²) in [7, 11) is -2.14. The van der Waals surface area contributed by atoms with E-state index in [2.05, 4.69) is 15.5 Å². The molecule has 32 heavy (non-hydrogen) atoms. The first-order valence-electron chi connectivity index (χ1n) is 10.9. The maximum absolute atomic E-state index is 14.6. The summed E-state index contributed by atoms with van der Waals surface area (Å²) in [5, 5.41) is 6.49. The fourth-order valence-electron chi connectivity index (χ4n) is 4.98. The van der Waals surface area contributed by atoms with Crippen LogP contribution in [0.2, 0.25) is 0 Å². The van der Waals surface area contributed by atoms with E-state index in [1.807, 2.05) is 6.07 Å². The lowest BCUT2D eigenvalue weighted by molar-refractivity contribution is 0.484. The van der Waals surface area contributed by atoms with Crippen LogP contribution >= 0.6 is 0 Å². The number of nitrogens with one attached hydrogen (secondary N) is 2. The maximum atomic E-state index is 14.6. The quantitative estimate of drug-likeness (QED) is 0.599. The molecule has 2 saturated heterocycles. The third kappa shape index (κ3) is 3.62. The van der Waals surface area contributed by atoms with Crippen molar-refractivity contribution in [3.63, 3.8) is 0 Å². The maximum Gasteiger partial charge on any atom is 0.268 e. The highest BCUT2D eigenvalue weighted by atomic mass is 32.2. The van der Waals surface area contributed by atoms with Gasteiger partial charge in [-0.1, -0.05) is 18.2 Å². The zero-order chi connectivity index (χ0) is 22.3. The van der Waals surface area contributed by atoms with Gasteiger partial charge in [-0.2, -0.15) is 0 Å². The summed E-state index contributed by atoms with van der Waals surface area (Å²) >= 11 is 0. The Bertz CT molecular complexity index is 1220. The first-order valence-corrected chi connectivity index (χ1v) is 12.4. The molecule has 0 aliphatic carbocycles. The first kappa shape index (κ1) is 21.2. The average Bonchev–Trinajstić information content (AvgIpc) is 3.33. The Morgan fingerprint density at radius 2 is 1.81 bits per heavy atom. The van der Waals surface area contributed by atoms with Crippen molar-refractivity contribution in [2.45, 2.75) is 36.4 Å². The lowest BCUT2D eigenvalue weighted by Gasteiger charge is -2.37. The highest BCUT2D eigenvalue weighted by Gasteiger charge is 2.37. The predicted molar refractivity (Wildman–Crippen MR) is 124 cm³/mol. The zero-order valence-electron chi connectivity index (χ0n) is 18.0. The molecule has 2 atom stereocenters. The van der Waals surface area contributed by atoms with Crippen molar-refractivity contribution < 1.29 is 12.8 Å². The van der Waals surface area contributed by atoms with Gasteiger partial charge < -0.3 is 15.5 Å². The van der Waals surface area contributed by atoms with Crippen molar-refractivity contribution >= 4 is 15.7 Å². The van der Waals surface area contributed by atoms with E-state index >= 15 is 0 Å². The van der Waals surface area contributed by atoms with E-state index in [0.717, 1.165) is 37.2 Å². The fraction of sp³-hybridized carbons (Fsp3) is 0.333. The molecule has 3 aromatic rings.